The van der Waals surface area contributed by atoms with Gasteiger partial charge in [-0.05, 0) is 34.6 Å². The molecule has 0 spiro atoms. The number of carbonyl (C=O) groups excluding carboxylic acids is 4. The summed E-state index contributed by atoms with van der Waals surface area (Å²) in [5.41, 5.74) is -1.64. The number of phenols is 2. The number of nitrogens with one attached hydrogen (secondary N) is 2. The highest BCUT2D eigenvalue weighted by Gasteiger charge is 2.56. The molecule has 0 radical (unpaired) electrons. The number of aromatic nitrogens is 2. The summed E-state index contributed by atoms with van der Waals surface area (Å²) in [6, 6.07) is 0. The van der Waals surface area contributed by atoms with E-state index in [0.717, 1.165) is 6.08 Å². The van der Waals surface area contributed by atoms with E-state index in [0.29, 0.717) is 24.7 Å². The van der Waals surface area contributed by atoms with Crippen LogP contribution in [0, 0.1) is 13.8 Å². The number of phenolic OH excluding ortho intramolecular Hbond substituents is 2. The third kappa shape index (κ3) is 4.31. The first kappa shape index (κ1) is 26.6. The maximum atomic E-state index is 13.8. The van der Waals surface area contributed by atoms with Gasteiger partial charge in [0.1, 0.15) is 34.0 Å². The average Bonchev–Trinajstić information content (AvgIpc) is 3.38. The Morgan fingerprint density at radius 2 is 1.79 bits per heavy atom. The molecule has 4 rings (SSSR count). The molecule has 12 heteroatoms. The van der Waals surface area contributed by atoms with Crippen LogP contribution in [0.25, 0.3) is 0 Å². The highest BCUT2D eigenvalue weighted by Crippen LogP contribution is 2.57. The van der Waals surface area contributed by atoms with E-state index in [1.54, 1.807) is 13.8 Å². The van der Waals surface area contributed by atoms with Crippen LogP contribution in [-0.2, 0) is 26.2 Å². The fourth-order valence-corrected chi connectivity index (χ4v) is 4.65. The zero-order valence-electron chi connectivity index (χ0n) is 21.6. The number of rotatable bonds is 8. The zero-order chi connectivity index (χ0) is 27.9. The van der Waals surface area contributed by atoms with E-state index in [1.165, 1.54) is 20.8 Å². The second kappa shape index (κ2) is 9.77. The molecule has 0 saturated carbocycles. The predicted molar refractivity (Wildman–Crippen MR) is 132 cm³/mol. The largest absolute Gasteiger partial charge is 0.507 e. The van der Waals surface area contributed by atoms with Crippen molar-refractivity contribution in [2.75, 3.05) is 13.1 Å². The van der Waals surface area contributed by atoms with Gasteiger partial charge in [0.15, 0.2) is 23.2 Å². The normalized spacial score (nSPS) is 19.3. The smallest absolute Gasteiger partial charge is 0.228 e. The van der Waals surface area contributed by atoms with Gasteiger partial charge in [0, 0.05) is 43.3 Å². The van der Waals surface area contributed by atoms with Crippen molar-refractivity contribution in [1.82, 2.24) is 20.8 Å². The van der Waals surface area contributed by atoms with Crippen molar-refractivity contribution < 1.29 is 38.7 Å². The van der Waals surface area contributed by atoms with Crippen molar-refractivity contribution >= 4 is 23.3 Å². The molecule has 0 saturated heterocycles. The summed E-state index contributed by atoms with van der Waals surface area (Å²) in [5.74, 6) is -2.15. The van der Waals surface area contributed by atoms with Crippen LogP contribution in [-0.4, -0.2) is 56.7 Å². The second-order valence-corrected chi connectivity index (χ2v) is 9.40. The van der Waals surface area contributed by atoms with Crippen molar-refractivity contribution in [2.45, 2.75) is 52.9 Å². The number of allylic oxidation sites excluding steroid dienone is 4. The lowest BCUT2D eigenvalue weighted by Crippen LogP contribution is -2.41. The summed E-state index contributed by atoms with van der Waals surface area (Å²) in [6.45, 7) is 7.83. The Hall–Kier alpha value is -4.48. The van der Waals surface area contributed by atoms with Gasteiger partial charge in [-0.1, -0.05) is 5.16 Å². The van der Waals surface area contributed by atoms with Crippen molar-refractivity contribution in [3.63, 3.8) is 0 Å². The molecule has 2 aliphatic rings. The summed E-state index contributed by atoms with van der Waals surface area (Å²) < 4.78 is 10.7. The van der Waals surface area contributed by atoms with Gasteiger partial charge in [-0.25, -0.2) is 0 Å². The minimum atomic E-state index is -1.60. The zero-order valence-corrected chi connectivity index (χ0v) is 21.6. The molecule has 200 valence electrons. The van der Waals surface area contributed by atoms with Gasteiger partial charge in [0.05, 0.1) is 11.1 Å². The van der Waals surface area contributed by atoms with Crippen molar-refractivity contribution in [3.05, 3.63) is 51.5 Å². The van der Waals surface area contributed by atoms with Crippen LogP contribution in [0.1, 0.15) is 60.4 Å². The first-order valence-corrected chi connectivity index (χ1v) is 12.0. The van der Waals surface area contributed by atoms with E-state index >= 15 is 0 Å². The molecule has 1 aromatic heterocycles. The molecule has 1 aliphatic carbocycles. The van der Waals surface area contributed by atoms with Crippen LogP contribution >= 0.6 is 0 Å². The van der Waals surface area contributed by atoms with E-state index in [2.05, 4.69) is 20.8 Å². The highest BCUT2D eigenvalue weighted by atomic mass is 16.5. The SMILES string of the molecule is CC(=O)c1c(O)c(C)c(O)c2c1OC1=CC(=O)/C(=C(/C)NCCC(=O)NCCc3nc(C)no3)C(=O)[C@@]12C. The lowest BCUT2D eigenvalue weighted by molar-refractivity contribution is -0.124. The number of ketones is 3. The van der Waals surface area contributed by atoms with Crippen molar-refractivity contribution in [1.29, 1.82) is 0 Å². The molecule has 4 N–H and O–H groups in total. The van der Waals surface area contributed by atoms with Crippen LogP contribution in [0.2, 0.25) is 0 Å². The Bertz CT molecular complexity index is 1450. The molecule has 1 aromatic carbocycles. The highest BCUT2D eigenvalue weighted by molar-refractivity contribution is 6.31. The van der Waals surface area contributed by atoms with E-state index in [-0.39, 0.29) is 58.3 Å². The maximum absolute atomic E-state index is 13.8. The van der Waals surface area contributed by atoms with E-state index in [9.17, 15) is 29.4 Å². The number of hydrogen-bond acceptors (Lipinski definition) is 11. The first-order chi connectivity index (χ1) is 17.9. The number of hydrogen-bond donors (Lipinski definition) is 4. The number of nitrogens with zero attached hydrogens (tertiary/aromatic N) is 2. The Balaban J connectivity index is 1.52. The van der Waals surface area contributed by atoms with E-state index < -0.39 is 34.3 Å². The lowest BCUT2D eigenvalue weighted by Gasteiger charge is -2.29. The van der Waals surface area contributed by atoms with Gasteiger partial charge in [0.25, 0.3) is 0 Å². The molecule has 0 unspecified atom stereocenters. The Morgan fingerprint density at radius 3 is 2.42 bits per heavy atom. The molecule has 1 amide bonds. The number of ether oxygens (including phenoxy) is 1. The maximum Gasteiger partial charge on any atom is 0.228 e. The molecule has 1 aliphatic heterocycles. The van der Waals surface area contributed by atoms with Crippen LogP contribution in [0.5, 0.6) is 17.2 Å². The Morgan fingerprint density at radius 1 is 1.08 bits per heavy atom. The van der Waals surface area contributed by atoms with Crippen LogP contribution in [0.3, 0.4) is 0 Å². The Labute approximate surface area is 217 Å². The molecule has 2 aromatic rings. The predicted octanol–water partition coefficient (Wildman–Crippen LogP) is 1.60. The summed E-state index contributed by atoms with van der Waals surface area (Å²) in [4.78, 5) is 55.2. The van der Waals surface area contributed by atoms with Gasteiger partial charge in [-0.3, -0.25) is 19.2 Å². The number of benzene rings is 1. The van der Waals surface area contributed by atoms with Crippen molar-refractivity contribution in [3.8, 4) is 17.2 Å². The number of fused-ring (bicyclic) bond motifs is 3. The summed E-state index contributed by atoms with van der Waals surface area (Å²) >= 11 is 0. The monoisotopic (exact) mass is 524 g/mol. The number of aryl methyl sites for hydroxylation is 1. The van der Waals surface area contributed by atoms with Crippen LogP contribution in [0.4, 0.5) is 0 Å². The minimum Gasteiger partial charge on any atom is -0.507 e. The number of aromatic hydroxyl groups is 2. The number of Topliss-reactive ketones (excluding diaryl/α,β-unsaturated/α-hetero) is 2. The van der Waals surface area contributed by atoms with E-state index in [4.69, 9.17) is 9.26 Å². The third-order valence-corrected chi connectivity index (χ3v) is 6.73. The van der Waals surface area contributed by atoms with Gasteiger partial charge in [0.2, 0.25) is 11.8 Å². The molecule has 38 heavy (non-hydrogen) atoms. The number of amides is 1. The summed E-state index contributed by atoms with van der Waals surface area (Å²) in [7, 11) is 0. The quantitative estimate of drug-likeness (QED) is 0.224. The van der Waals surface area contributed by atoms with Crippen molar-refractivity contribution in [2.24, 2.45) is 0 Å². The Kier molecular flexibility index (Phi) is 6.83. The topological polar surface area (TPSA) is 181 Å². The molecule has 1 atom stereocenters. The van der Waals surface area contributed by atoms with Gasteiger partial charge >= 0.3 is 0 Å². The molecule has 0 fully saturated rings. The van der Waals surface area contributed by atoms with E-state index in [1.807, 2.05) is 0 Å². The van der Waals surface area contributed by atoms with Gasteiger partial charge in [-0.2, -0.15) is 4.98 Å². The molecule has 0 bridgehead atoms. The second-order valence-electron chi connectivity index (χ2n) is 9.40. The molecule has 12 nitrogen and oxygen atoms in total. The fourth-order valence-electron chi connectivity index (χ4n) is 4.65. The summed E-state index contributed by atoms with van der Waals surface area (Å²) in [5, 5.41) is 30.7. The standard InChI is InChI=1S/C26H28N4O8/c1-11-22(34)20(13(3)31)24-21(23(11)35)26(5)16(37-24)10-15(32)19(25(26)36)12(2)27-8-6-17(33)28-9-7-18-29-14(4)30-38-18/h10,27,34-35H,6-9H2,1-5H3,(H,28,33)/b19-12+/t26-/m0/s1. The molecule has 2 heterocycles. The number of carbonyl (C=O) groups is 4. The first-order valence-electron chi connectivity index (χ1n) is 12.0. The van der Waals surface area contributed by atoms with Gasteiger partial charge in [-0.15, -0.1) is 0 Å². The third-order valence-electron chi connectivity index (χ3n) is 6.73. The minimum absolute atomic E-state index is 0.0165. The van der Waals surface area contributed by atoms with Crippen LogP contribution < -0.4 is 15.4 Å². The fraction of sp³-hybridized carbons (Fsp3) is 0.385. The van der Waals surface area contributed by atoms with Gasteiger partial charge < -0.3 is 30.1 Å². The molecular formula is C26H28N4O8. The summed E-state index contributed by atoms with van der Waals surface area (Å²) in [6.07, 6.45) is 1.60. The van der Waals surface area contributed by atoms with Crippen LogP contribution in [0.15, 0.2) is 27.6 Å². The lowest BCUT2D eigenvalue weighted by atomic mass is 9.70. The average molecular weight is 525 g/mol. The molecular weight excluding hydrogens is 496 g/mol.